The van der Waals surface area contributed by atoms with Crippen LogP contribution < -0.4 is 24.8 Å². The highest BCUT2D eigenvalue weighted by Gasteiger charge is 2.32. The van der Waals surface area contributed by atoms with E-state index in [-0.39, 0.29) is 6.04 Å². The van der Waals surface area contributed by atoms with Crippen molar-refractivity contribution < 1.29 is 14.2 Å². The van der Waals surface area contributed by atoms with E-state index in [1.54, 1.807) is 27.7 Å². The molecule has 2 aromatic rings. The van der Waals surface area contributed by atoms with Crippen LogP contribution >= 0.6 is 0 Å². The van der Waals surface area contributed by atoms with Gasteiger partial charge in [-0.15, -0.1) is 5.12 Å². The minimum absolute atomic E-state index is 0.205. The number of hydrogen-bond donors (Lipinski definition) is 1. The Balaban J connectivity index is 1.71. The van der Waals surface area contributed by atoms with Gasteiger partial charge in [-0.05, 0) is 18.4 Å². The summed E-state index contributed by atoms with van der Waals surface area (Å²) in [6.45, 7) is 2.27. The summed E-state index contributed by atoms with van der Waals surface area (Å²) in [5.41, 5.74) is 5.32. The van der Waals surface area contributed by atoms with Crippen LogP contribution in [-0.4, -0.2) is 38.8 Å². The van der Waals surface area contributed by atoms with Gasteiger partial charge >= 0.3 is 0 Å². The first-order chi connectivity index (χ1) is 17.7. The van der Waals surface area contributed by atoms with E-state index in [1.807, 2.05) is 17.1 Å². The van der Waals surface area contributed by atoms with E-state index in [2.05, 4.69) is 53.0 Å². The van der Waals surface area contributed by atoms with Gasteiger partial charge in [0.2, 0.25) is 0 Å². The highest BCUT2D eigenvalue weighted by Crippen LogP contribution is 2.42. The number of anilines is 1. The monoisotopic (exact) mass is 496 g/mol. The summed E-state index contributed by atoms with van der Waals surface area (Å²) in [4.78, 5) is 0. The number of unbranched alkanes of at least 4 members (excludes halogenated alkanes) is 8. The Morgan fingerprint density at radius 3 is 2.00 bits per heavy atom. The van der Waals surface area contributed by atoms with Crippen LogP contribution in [0, 0.1) is 0 Å². The predicted molar refractivity (Wildman–Crippen MR) is 148 cm³/mol. The Morgan fingerprint density at radius 1 is 0.806 bits per heavy atom. The number of hydrazine groups is 2. The molecule has 1 atom stereocenters. The van der Waals surface area contributed by atoms with Gasteiger partial charge in [0.1, 0.15) is 17.8 Å². The molecule has 0 fully saturated rings. The van der Waals surface area contributed by atoms with Gasteiger partial charge in [-0.3, -0.25) is 0 Å². The lowest BCUT2D eigenvalue weighted by Gasteiger charge is -2.35. The lowest BCUT2D eigenvalue weighted by atomic mass is 9.99. The Labute approximate surface area is 217 Å². The Bertz CT molecular complexity index is 897. The molecule has 198 valence electrons. The maximum atomic E-state index is 5.73. The van der Waals surface area contributed by atoms with Gasteiger partial charge in [-0.2, -0.15) is 5.10 Å². The minimum atomic E-state index is 0.205. The summed E-state index contributed by atoms with van der Waals surface area (Å²) in [6, 6.07) is 14.6. The van der Waals surface area contributed by atoms with Gasteiger partial charge < -0.3 is 14.2 Å². The molecule has 3 rings (SSSR count). The molecule has 0 radical (unpaired) electrons. The standard InChI is InChI=1S/C29H44N4O3/c1-5-6-7-8-9-10-11-12-16-19-25(20-24-17-14-13-15-18-24)33-31-30-23-32(33)29-27(35-3)21-26(34-2)22-28(29)36-4/h13-15,17-18,21-23,25,31H,5-12,16,19-20H2,1-4H3. The van der Waals surface area contributed by atoms with Gasteiger partial charge in [-0.1, -0.05) is 95.0 Å². The number of ether oxygens (including phenoxy) is 3. The van der Waals surface area contributed by atoms with Crippen molar-refractivity contribution >= 4 is 12.0 Å². The second kappa shape index (κ2) is 15.2. The Kier molecular flexibility index (Phi) is 11.7. The van der Waals surface area contributed by atoms with Gasteiger partial charge in [0.15, 0.2) is 11.5 Å². The molecule has 0 aliphatic carbocycles. The lowest BCUT2D eigenvalue weighted by molar-refractivity contribution is 0.136. The highest BCUT2D eigenvalue weighted by atomic mass is 16.5. The van der Waals surface area contributed by atoms with Crippen molar-refractivity contribution in [2.24, 2.45) is 5.10 Å². The molecule has 1 aliphatic heterocycles. The van der Waals surface area contributed by atoms with Crippen molar-refractivity contribution in [3.8, 4) is 17.2 Å². The molecule has 2 aromatic carbocycles. The van der Waals surface area contributed by atoms with Crippen molar-refractivity contribution in [3.63, 3.8) is 0 Å². The molecule has 1 heterocycles. The molecular weight excluding hydrogens is 452 g/mol. The largest absolute Gasteiger partial charge is 0.496 e. The summed E-state index contributed by atoms with van der Waals surface area (Å²) in [7, 11) is 4.96. The third kappa shape index (κ3) is 7.79. The summed E-state index contributed by atoms with van der Waals surface area (Å²) < 4.78 is 16.9. The number of rotatable bonds is 17. The summed E-state index contributed by atoms with van der Waals surface area (Å²) in [6.07, 6.45) is 15.6. The van der Waals surface area contributed by atoms with Crippen molar-refractivity contribution in [1.29, 1.82) is 0 Å². The van der Waals surface area contributed by atoms with E-state index < -0.39 is 0 Å². The van der Waals surface area contributed by atoms with E-state index in [0.717, 1.165) is 18.5 Å². The first-order valence-electron chi connectivity index (χ1n) is 13.4. The molecule has 0 spiro atoms. The van der Waals surface area contributed by atoms with Crippen LogP contribution in [0.4, 0.5) is 5.69 Å². The van der Waals surface area contributed by atoms with Crippen LogP contribution in [0.5, 0.6) is 17.2 Å². The molecule has 36 heavy (non-hydrogen) atoms. The third-order valence-electron chi connectivity index (χ3n) is 6.78. The van der Waals surface area contributed by atoms with Crippen LogP contribution in [0.1, 0.15) is 76.7 Å². The molecule has 7 nitrogen and oxygen atoms in total. The van der Waals surface area contributed by atoms with Gasteiger partial charge in [0.25, 0.3) is 0 Å². The SMILES string of the molecule is CCCCCCCCCCCC(Cc1ccccc1)N1NN=CN1c1c(OC)cc(OC)cc1OC. The number of benzene rings is 2. The second-order valence-electron chi connectivity index (χ2n) is 9.37. The van der Waals surface area contributed by atoms with Crippen LogP contribution in [-0.2, 0) is 6.42 Å². The van der Waals surface area contributed by atoms with Gasteiger partial charge in [-0.25, -0.2) is 10.5 Å². The molecular formula is C29H44N4O3. The Morgan fingerprint density at radius 2 is 1.42 bits per heavy atom. The van der Waals surface area contributed by atoms with Crippen molar-refractivity contribution in [2.45, 2.75) is 83.6 Å². The zero-order chi connectivity index (χ0) is 25.6. The highest BCUT2D eigenvalue weighted by molar-refractivity contribution is 5.86. The fourth-order valence-electron chi connectivity index (χ4n) is 4.77. The van der Waals surface area contributed by atoms with Crippen LogP contribution in [0.15, 0.2) is 47.6 Å². The molecule has 0 saturated heterocycles. The van der Waals surface area contributed by atoms with Crippen LogP contribution in [0.25, 0.3) is 0 Å². The van der Waals surface area contributed by atoms with Crippen LogP contribution in [0.3, 0.4) is 0 Å². The molecule has 0 saturated carbocycles. The molecule has 0 amide bonds. The predicted octanol–water partition coefficient (Wildman–Crippen LogP) is 6.73. The van der Waals surface area contributed by atoms with E-state index in [9.17, 15) is 0 Å². The lowest BCUT2D eigenvalue weighted by Crippen LogP contribution is -2.51. The van der Waals surface area contributed by atoms with Gasteiger partial charge in [0, 0.05) is 12.1 Å². The zero-order valence-electron chi connectivity index (χ0n) is 22.5. The molecule has 0 aromatic heterocycles. The average molecular weight is 497 g/mol. The summed E-state index contributed by atoms with van der Waals surface area (Å²) in [5.74, 6) is 2.00. The molecule has 1 N–H and O–H groups in total. The van der Waals surface area contributed by atoms with E-state index >= 15 is 0 Å². The number of nitrogens with one attached hydrogen (secondary N) is 1. The number of hydrazone groups is 1. The molecule has 7 heteroatoms. The maximum absolute atomic E-state index is 5.73. The number of nitrogens with zero attached hydrogens (tertiary/aromatic N) is 3. The van der Waals surface area contributed by atoms with Crippen molar-refractivity contribution in [3.05, 3.63) is 48.0 Å². The quantitative estimate of drug-likeness (QED) is 0.245. The first-order valence-corrected chi connectivity index (χ1v) is 13.4. The molecule has 0 bridgehead atoms. The smallest absolute Gasteiger partial charge is 0.151 e. The first kappa shape index (κ1) is 27.7. The second-order valence-corrected chi connectivity index (χ2v) is 9.37. The molecule has 1 aliphatic rings. The maximum Gasteiger partial charge on any atom is 0.151 e. The topological polar surface area (TPSA) is 58.6 Å². The summed E-state index contributed by atoms with van der Waals surface area (Å²) >= 11 is 0. The van der Waals surface area contributed by atoms with Crippen molar-refractivity contribution in [1.82, 2.24) is 10.7 Å². The molecule has 1 unspecified atom stereocenters. The number of hydrogen-bond acceptors (Lipinski definition) is 7. The van der Waals surface area contributed by atoms with Crippen LogP contribution in [0.2, 0.25) is 0 Å². The Hall–Kier alpha value is -2.93. The minimum Gasteiger partial charge on any atom is -0.496 e. The fraction of sp³-hybridized carbons (Fsp3) is 0.552. The number of methoxy groups -OCH3 is 3. The zero-order valence-corrected chi connectivity index (χ0v) is 22.5. The summed E-state index contributed by atoms with van der Waals surface area (Å²) in [5, 5.41) is 8.51. The van der Waals surface area contributed by atoms with E-state index in [4.69, 9.17) is 14.2 Å². The normalized spacial score (nSPS) is 14.1. The third-order valence-corrected chi connectivity index (χ3v) is 6.78. The van der Waals surface area contributed by atoms with Gasteiger partial charge in [0.05, 0.1) is 27.4 Å². The van der Waals surface area contributed by atoms with Crippen molar-refractivity contribution in [2.75, 3.05) is 26.3 Å². The fourth-order valence-corrected chi connectivity index (χ4v) is 4.77. The van der Waals surface area contributed by atoms with E-state index in [0.29, 0.717) is 17.2 Å². The van der Waals surface area contributed by atoms with E-state index in [1.165, 1.54) is 63.4 Å². The average Bonchev–Trinajstić information content (AvgIpc) is 3.40.